The largest absolute Gasteiger partial charge is 0.396 e. The van der Waals surface area contributed by atoms with Gasteiger partial charge < -0.3 is 10.2 Å². The zero-order valence-electron chi connectivity index (χ0n) is 10.00. The summed E-state index contributed by atoms with van der Waals surface area (Å²) in [6.07, 6.45) is 6.07. The summed E-state index contributed by atoms with van der Waals surface area (Å²) in [5.41, 5.74) is 0.326. The van der Waals surface area contributed by atoms with Crippen molar-refractivity contribution in [3.63, 3.8) is 0 Å². The molecule has 0 radical (unpaired) electrons. The molecule has 0 heterocycles. The maximum absolute atomic E-state index is 9.47. The van der Waals surface area contributed by atoms with Crippen molar-refractivity contribution in [1.82, 2.24) is 0 Å². The van der Waals surface area contributed by atoms with Crippen LogP contribution in [0.4, 0.5) is 0 Å². The second-order valence-electron chi connectivity index (χ2n) is 6.65. The fourth-order valence-corrected chi connectivity index (χ4v) is 3.78. The molecule has 88 valence electrons. The highest BCUT2D eigenvalue weighted by Crippen LogP contribution is 2.58. The lowest BCUT2D eigenvalue weighted by Gasteiger charge is -2.33. The third-order valence-electron chi connectivity index (χ3n) is 4.68. The molecular weight excluding hydrogens is 188 g/mol. The number of aliphatic hydroxyl groups is 2. The maximum atomic E-state index is 9.47. The molecule has 2 heteroatoms. The van der Waals surface area contributed by atoms with Crippen LogP contribution in [0.2, 0.25) is 0 Å². The summed E-state index contributed by atoms with van der Waals surface area (Å²) in [6, 6.07) is 0. The van der Waals surface area contributed by atoms with Crippen LogP contribution in [0.15, 0.2) is 0 Å². The van der Waals surface area contributed by atoms with Crippen molar-refractivity contribution in [3.8, 4) is 0 Å². The molecule has 3 atom stereocenters. The van der Waals surface area contributed by atoms with Gasteiger partial charge in [-0.2, -0.15) is 0 Å². The quantitative estimate of drug-likeness (QED) is 0.750. The standard InChI is InChI=1S/C13H24O2/c1-12(2,8-14)5-11-7-13(9-15)4-3-10(11)6-13/h10-11,14-15H,3-9H2,1-2H3. The van der Waals surface area contributed by atoms with E-state index in [0.717, 1.165) is 18.3 Å². The number of aliphatic hydroxyl groups excluding tert-OH is 2. The zero-order chi connectivity index (χ0) is 11.1. The van der Waals surface area contributed by atoms with Crippen molar-refractivity contribution in [1.29, 1.82) is 0 Å². The lowest BCUT2D eigenvalue weighted by atomic mass is 9.74. The van der Waals surface area contributed by atoms with Crippen molar-refractivity contribution in [2.24, 2.45) is 22.7 Å². The van der Waals surface area contributed by atoms with E-state index in [1.54, 1.807) is 0 Å². The highest BCUT2D eigenvalue weighted by Gasteiger charge is 2.50. The van der Waals surface area contributed by atoms with Gasteiger partial charge in [-0.3, -0.25) is 0 Å². The molecule has 2 saturated carbocycles. The van der Waals surface area contributed by atoms with Crippen molar-refractivity contribution in [2.75, 3.05) is 13.2 Å². The molecule has 2 fully saturated rings. The van der Waals surface area contributed by atoms with E-state index < -0.39 is 0 Å². The van der Waals surface area contributed by atoms with Gasteiger partial charge in [0.25, 0.3) is 0 Å². The van der Waals surface area contributed by atoms with Crippen LogP contribution in [-0.2, 0) is 0 Å². The number of rotatable bonds is 4. The van der Waals surface area contributed by atoms with E-state index in [2.05, 4.69) is 13.8 Å². The van der Waals surface area contributed by atoms with Gasteiger partial charge in [-0.1, -0.05) is 13.8 Å². The summed E-state index contributed by atoms with van der Waals surface area (Å²) in [5.74, 6) is 1.57. The first kappa shape index (κ1) is 11.4. The summed E-state index contributed by atoms with van der Waals surface area (Å²) in [5, 5.41) is 18.8. The highest BCUT2D eigenvalue weighted by molar-refractivity contribution is 5.00. The smallest absolute Gasteiger partial charge is 0.0487 e. The number of hydrogen-bond acceptors (Lipinski definition) is 2. The van der Waals surface area contributed by atoms with Gasteiger partial charge in [0.1, 0.15) is 0 Å². The third kappa shape index (κ3) is 2.07. The number of hydrogen-bond donors (Lipinski definition) is 2. The molecule has 0 spiro atoms. The van der Waals surface area contributed by atoms with Crippen LogP contribution in [-0.4, -0.2) is 23.4 Å². The third-order valence-corrected chi connectivity index (χ3v) is 4.68. The average Bonchev–Trinajstić information content (AvgIpc) is 2.75. The van der Waals surface area contributed by atoms with Crippen molar-refractivity contribution < 1.29 is 10.2 Å². The molecule has 2 bridgehead atoms. The normalized spacial score (nSPS) is 40.0. The minimum absolute atomic E-state index is 0.0613. The molecular formula is C13H24O2. The predicted molar refractivity (Wildman–Crippen MR) is 60.5 cm³/mol. The van der Waals surface area contributed by atoms with Gasteiger partial charge in [0.15, 0.2) is 0 Å². The summed E-state index contributed by atoms with van der Waals surface area (Å²) in [7, 11) is 0. The second-order valence-corrected chi connectivity index (χ2v) is 6.65. The molecule has 2 nitrogen and oxygen atoms in total. The van der Waals surface area contributed by atoms with Gasteiger partial charge in [-0.05, 0) is 54.8 Å². The van der Waals surface area contributed by atoms with Crippen molar-refractivity contribution in [2.45, 2.75) is 46.0 Å². The Morgan fingerprint density at radius 2 is 2.00 bits per heavy atom. The predicted octanol–water partition coefficient (Wildman–Crippen LogP) is 2.19. The molecule has 2 rings (SSSR count). The molecule has 15 heavy (non-hydrogen) atoms. The first-order valence-electron chi connectivity index (χ1n) is 6.22. The average molecular weight is 212 g/mol. The summed E-state index contributed by atoms with van der Waals surface area (Å²) in [6.45, 7) is 4.94. The van der Waals surface area contributed by atoms with Crippen LogP contribution in [0.5, 0.6) is 0 Å². The molecule has 0 aliphatic heterocycles. The molecule has 0 aromatic carbocycles. The van der Waals surface area contributed by atoms with E-state index in [1.807, 2.05) is 0 Å². The Labute approximate surface area is 92.7 Å². The molecule has 2 N–H and O–H groups in total. The number of fused-ring (bicyclic) bond motifs is 2. The van der Waals surface area contributed by atoms with Gasteiger partial charge >= 0.3 is 0 Å². The van der Waals surface area contributed by atoms with Crippen LogP contribution in [0.1, 0.15) is 46.0 Å². The molecule has 0 amide bonds. The SMILES string of the molecule is CC(C)(CO)CC1CC2(CO)CCC1C2. The molecule has 0 saturated heterocycles. The van der Waals surface area contributed by atoms with Crippen LogP contribution in [0, 0.1) is 22.7 Å². The van der Waals surface area contributed by atoms with Gasteiger partial charge in [0.05, 0.1) is 0 Å². The van der Waals surface area contributed by atoms with E-state index in [0.29, 0.717) is 6.61 Å². The first-order chi connectivity index (χ1) is 7.00. The minimum atomic E-state index is 0.0613. The van der Waals surface area contributed by atoms with E-state index >= 15 is 0 Å². The molecule has 0 aromatic rings. The van der Waals surface area contributed by atoms with E-state index in [4.69, 9.17) is 0 Å². The Hall–Kier alpha value is -0.0800. The first-order valence-corrected chi connectivity index (χ1v) is 6.22. The van der Waals surface area contributed by atoms with Crippen LogP contribution in [0.25, 0.3) is 0 Å². The molecule has 0 aromatic heterocycles. The lowest BCUT2D eigenvalue weighted by Crippen LogP contribution is -2.27. The molecule has 2 aliphatic rings. The van der Waals surface area contributed by atoms with Gasteiger partial charge in [0.2, 0.25) is 0 Å². The molecule has 2 aliphatic carbocycles. The van der Waals surface area contributed by atoms with Crippen molar-refractivity contribution in [3.05, 3.63) is 0 Å². The Morgan fingerprint density at radius 1 is 1.27 bits per heavy atom. The summed E-state index contributed by atoms with van der Waals surface area (Å²) < 4.78 is 0. The van der Waals surface area contributed by atoms with Crippen LogP contribution in [0.3, 0.4) is 0 Å². The molecule has 3 unspecified atom stereocenters. The van der Waals surface area contributed by atoms with Crippen molar-refractivity contribution >= 4 is 0 Å². The lowest BCUT2D eigenvalue weighted by molar-refractivity contribution is 0.0875. The van der Waals surface area contributed by atoms with Gasteiger partial charge in [-0.25, -0.2) is 0 Å². The van der Waals surface area contributed by atoms with Gasteiger partial charge in [-0.15, -0.1) is 0 Å². The van der Waals surface area contributed by atoms with Crippen LogP contribution >= 0.6 is 0 Å². The maximum Gasteiger partial charge on any atom is 0.0487 e. The zero-order valence-corrected chi connectivity index (χ0v) is 10.00. The Balaban J connectivity index is 1.97. The monoisotopic (exact) mass is 212 g/mol. The minimum Gasteiger partial charge on any atom is -0.396 e. The Morgan fingerprint density at radius 3 is 2.53 bits per heavy atom. The second kappa shape index (κ2) is 3.74. The fraction of sp³-hybridized carbons (Fsp3) is 1.00. The van der Waals surface area contributed by atoms with Gasteiger partial charge in [0, 0.05) is 13.2 Å². The van der Waals surface area contributed by atoms with Crippen LogP contribution < -0.4 is 0 Å². The summed E-state index contributed by atoms with van der Waals surface area (Å²) in [4.78, 5) is 0. The Bertz CT molecular complexity index is 237. The topological polar surface area (TPSA) is 40.5 Å². The van der Waals surface area contributed by atoms with E-state index in [9.17, 15) is 10.2 Å². The summed E-state index contributed by atoms with van der Waals surface area (Å²) >= 11 is 0. The van der Waals surface area contributed by atoms with E-state index in [-0.39, 0.29) is 17.4 Å². The fourth-order valence-electron chi connectivity index (χ4n) is 3.78. The highest BCUT2D eigenvalue weighted by atomic mass is 16.3. The van der Waals surface area contributed by atoms with E-state index in [1.165, 1.54) is 25.7 Å². The Kier molecular flexibility index (Phi) is 2.85.